The normalized spacial score (nSPS) is 14.5. The second kappa shape index (κ2) is 4.53. The third-order valence-electron chi connectivity index (χ3n) is 2.92. The van der Waals surface area contributed by atoms with Gasteiger partial charge in [-0.05, 0) is 30.5 Å². The van der Waals surface area contributed by atoms with Crippen molar-refractivity contribution in [3.63, 3.8) is 0 Å². The smallest absolute Gasteiger partial charge is 0.233 e. The standard InChI is InChI=1S/C14H14O3/c1-2-3-4-9-5-6-10-11(7-9)12(15)8-13(16)14(10)17/h5-8,15H,2-4H2,1H3. The summed E-state index contributed by atoms with van der Waals surface area (Å²) in [5.74, 6) is -1.31. The van der Waals surface area contributed by atoms with Crippen LogP contribution in [0.4, 0.5) is 0 Å². The molecule has 2 rings (SSSR count). The zero-order chi connectivity index (χ0) is 12.4. The molecule has 88 valence electrons. The van der Waals surface area contributed by atoms with E-state index in [1.165, 1.54) is 0 Å². The first-order chi connectivity index (χ1) is 8.13. The van der Waals surface area contributed by atoms with E-state index in [0.717, 1.165) is 30.9 Å². The van der Waals surface area contributed by atoms with Gasteiger partial charge in [0.15, 0.2) is 0 Å². The Balaban J connectivity index is 2.41. The summed E-state index contributed by atoms with van der Waals surface area (Å²) in [6.07, 6.45) is 4.07. The molecule has 3 heteroatoms. The average Bonchev–Trinajstić information content (AvgIpc) is 2.33. The van der Waals surface area contributed by atoms with Gasteiger partial charge in [0.25, 0.3) is 0 Å². The SMILES string of the molecule is CCCCc1ccc2c(c1)C(O)=CC(=O)C2=O. The number of aliphatic hydroxyl groups excluding tert-OH is 1. The van der Waals surface area contributed by atoms with Crippen molar-refractivity contribution in [2.45, 2.75) is 26.2 Å². The van der Waals surface area contributed by atoms with Gasteiger partial charge in [-0.2, -0.15) is 0 Å². The van der Waals surface area contributed by atoms with Crippen molar-refractivity contribution >= 4 is 17.3 Å². The van der Waals surface area contributed by atoms with Crippen molar-refractivity contribution in [1.82, 2.24) is 0 Å². The van der Waals surface area contributed by atoms with Crippen LogP contribution in [0.2, 0.25) is 0 Å². The van der Waals surface area contributed by atoms with Crippen molar-refractivity contribution in [2.24, 2.45) is 0 Å². The van der Waals surface area contributed by atoms with Crippen molar-refractivity contribution in [3.8, 4) is 0 Å². The Bertz CT molecular complexity index is 512. The first-order valence-corrected chi connectivity index (χ1v) is 5.76. The first kappa shape index (κ1) is 11.6. The molecule has 0 amide bonds. The molecular formula is C14H14O3. The number of hydrogen-bond donors (Lipinski definition) is 1. The molecule has 0 aromatic heterocycles. The minimum atomic E-state index is -0.656. The van der Waals surface area contributed by atoms with E-state index in [2.05, 4.69) is 6.92 Å². The lowest BCUT2D eigenvalue weighted by molar-refractivity contribution is -0.111. The minimum absolute atomic E-state index is 0.108. The maximum Gasteiger partial charge on any atom is 0.233 e. The number of carbonyl (C=O) groups is 2. The van der Waals surface area contributed by atoms with Crippen LogP contribution in [0, 0.1) is 0 Å². The monoisotopic (exact) mass is 230 g/mol. The van der Waals surface area contributed by atoms with E-state index in [4.69, 9.17) is 0 Å². The molecule has 3 nitrogen and oxygen atoms in total. The number of carbonyl (C=O) groups excluding carboxylic acids is 2. The molecule has 0 heterocycles. The molecule has 0 bridgehead atoms. The molecule has 0 spiro atoms. The molecule has 0 aliphatic heterocycles. The lowest BCUT2D eigenvalue weighted by Crippen LogP contribution is -2.18. The molecule has 1 aliphatic rings. The van der Waals surface area contributed by atoms with Crippen molar-refractivity contribution in [1.29, 1.82) is 0 Å². The van der Waals surface area contributed by atoms with E-state index >= 15 is 0 Å². The van der Waals surface area contributed by atoms with E-state index in [1.807, 2.05) is 6.07 Å². The molecule has 0 saturated heterocycles. The fourth-order valence-corrected chi connectivity index (χ4v) is 1.94. The molecule has 1 aromatic carbocycles. The number of Topliss-reactive ketones (excluding diaryl/α,β-unsaturated/α-hetero) is 1. The first-order valence-electron chi connectivity index (χ1n) is 5.76. The summed E-state index contributed by atoms with van der Waals surface area (Å²) in [4.78, 5) is 22.8. The summed E-state index contributed by atoms with van der Waals surface area (Å²) >= 11 is 0. The highest BCUT2D eigenvalue weighted by molar-refractivity contribution is 6.50. The zero-order valence-corrected chi connectivity index (χ0v) is 9.69. The lowest BCUT2D eigenvalue weighted by atomic mass is 9.91. The van der Waals surface area contributed by atoms with Crippen molar-refractivity contribution in [3.05, 3.63) is 41.0 Å². The van der Waals surface area contributed by atoms with E-state index in [0.29, 0.717) is 11.1 Å². The van der Waals surface area contributed by atoms with Gasteiger partial charge in [-0.25, -0.2) is 0 Å². The van der Waals surface area contributed by atoms with E-state index in [9.17, 15) is 14.7 Å². The fraction of sp³-hybridized carbons (Fsp3) is 0.286. The highest BCUT2D eigenvalue weighted by Gasteiger charge is 2.25. The molecular weight excluding hydrogens is 216 g/mol. The molecule has 1 N–H and O–H groups in total. The number of unbranched alkanes of at least 4 members (excludes halogenated alkanes) is 1. The van der Waals surface area contributed by atoms with Crippen molar-refractivity contribution < 1.29 is 14.7 Å². The van der Waals surface area contributed by atoms with Gasteiger partial charge in [-0.15, -0.1) is 0 Å². The van der Waals surface area contributed by atoms with Gasteiger partial charge in [0.05, 0.1) is 0 Å². The number of fused-ring (bicyclic) bond motifs is 1. The summed E-state index contributed by atoms with van der Waals surface area (Å²) in [6, 6.07) is 5.27. The number of aliphatic hydroxyl groups is 1. The predicted molar refractivity (Wildman–Crippen MR) is 65.0 cm³/mol. The van der Waals surface area contributed by atoms with Crippen LogP contribution in [0.5, 0.6) is 0 Å². The Kier molecular flexibility index (Phi) is 3.09. The fourth-order valence-electron chi connectivity index (χ4n) is 1.94. The Labute approximate surface area is 99.8 Å². The highest BCUT2D eigenvalue weighted by atomic mass is 16.3. The van der Waals surface area contributed by atoms with Gasteiger partial charge < -0.3 is 5.11 Å². The Hall–Kier alpha value is -1.90. The molecule has 1 aliphatic carbocycles. The van der Waals surface area contributed by atoms with Gasteiger partial charge in [0.1, 0.15) is 5.76 Å². The quantitative estimate of drug-likeness (QED) is 0.812. The molecule has 0 fully saturated rings. The van der Waals surface area contributed by atoms with Crippen LogP contribution in [0.15, 0.2) is 24.3 Å². The van der Waals surface area contributed by atoms with E-state index in [-0.39, 0.29) is 5.76 Å². The Morgan fingerprint density at radius 2 is 1.94 bits per heavy atom. The van der Waals surface area contributed by atoms with Crippen LogP contribution in [-0.2, 0) is 11.2 Å². The molecule has 17 heavy (non-hydrogen) atoms. The van der Waals surface area contributed by atoms with Crippen LogP contribution < -0.4 is 0 Å². The van der Waals surface area contributed by atoms with Crippen LogP contribution in [0.3, 0.4) is 0 Å². The Morgan fingerprint density at radius 1 is 1.18 bits per heavy atom. The predicted octanol–water partition coefficient (Wildman–Crippen LogP) is 2.69. The highest BCUT2D eigenvalue weighted by Crippen LogP contribution is 2.24. The van der Waals surface area contributed by atoms with Crippen molar-refractivity contribution in [2.75, 3.05) is 0 Å². The molecule has 0 atom stereocenters. The number of hydrogen-bond acceptors (Lipinski definition) is 3. The summed E-state index contributed by atoms with van der Waals surface area (Å²) < 4.78 is 0. The molecule has 0 radical (unpaired) electrons. The summed E-state index contributed by atoms with van der Waals surface area (Å²) in [6.45, 7) is 2.11. The summed E-state index contributed by atoms with van der Waals surface area (Å²) in [5, 5.41) is 9.69. The number of aryl methyl sites for hydroxylation is 1. The average molecular weight is 230 g/mol. The summed E-state index contributed by atoms with van der Waals surface area (Å²) in [7, 11) is 0. The van der Waals surface area contributed by atoms with Gasteiger partial charge >= 0.3 is 0 Å². The van der Waals surface area contributed by atoms with E-state index in [1.54, 1.807) is 12.1 Å². The Morgan fingerprint density at radius 3 is 2.65 bits per heavy atom. The van der Waals surface area contributed by atoms with Crippen LogP contribution in [0.25, 0.3) is 5.76 Å². The van der Waals surface area contributed by atoms with Gasteiger partial charge in [0.2, 0.25) is 11.6 Å². The second-order valence-electron chi connectivity index (χ2n) is 4.21. The summed E-state index contributed by atoms with van der Waals surface area (Å²) in [5.41, 5.74) is 1.85. The topological polar surface area (TPSA) is 54.4 Å². The number of rotatable bonds is 3. The third kappa shape index (κ3) is 2.13. The maximum atomic E-state index is 11.6. The van der Waals surface area contributed by atoms with Crippen LogP contribution in [-0.4, -0.2) is 16.7 Å². The minimum Gasteiger partial charge on any atom is -0.507 e. The third-order valence-corrected chi connectivity index (χ3v) is 2.92. The second-order valence-corrected chi connectivity index (χ2v) is 4.21. The van der Waals surface area contributed by atoms with Gasteiger partial charge in [-0.1, -0.05) is 19.4 Å². The van der Waals surface area contributed by atoms with Crippen LogP contribution >= 0.6 is 0 Å². The molecule has 0 unspecified atom stereocenters. The van der Waals surface area contributed by atoms with Gasteiger partial charge in [-0.3, -0.25) is 9.59 Å². The number of allylic oxidation sites excluding steroid dienone is 1. The number of ketones is 2. The van der Waals surface area contributed by atoms with Gasteiger partial charge in [0, 0.05) is 17.2 Å². The van der Waals surface area contributed by atoms with Crippen LogP contribution in [0.1, 0.15) is 41.3 Å². The lowest BCUT2D eigenvalue weighted by Gasteiger charge is -2.13. The largest absolute Gasteiger partial charge is 0.507 e. The maximum absolute atomic E-state index is 11.6. The molecule has 0 saturated carbocycles. The molecule has 1 aromatic rings. The number of benzene rings is 1. The zero-order valence-electron chi connectivity index (χ0n) is 9.69. The van der Waals surface area contributed by atoms with E-state index < -0.39 is 11.6 Å².